The third-order valence-electron chi connectivity index (χ3n) is 0.657. The summed E-state index contributed by atoms with van der Waals surface area (Å²) in [4.78, 5) is 9.94. The van der Waals surface area contributed by atoms with Crippen LogP contribution in [0.15, 0.2) is 0 Å². The minimum Gasteiger partial charge on any atom is -0.236 e. The SMILES string of the molecule is C[C](C)COOC(C)(C)C. The minimum absolute atomic E-state index is 0.199. The van der Waals surface area contributed by atoms with Gasteiger partial charge in [-0.3, -0.25) is 0 Å². The van der Waals surface area contributed by atoms with Crippen molar-refractivity contribution in [1.82, 2.24) is 0 Å². The van der Waals surface area contributed by atoms with Gasteiger partial charge in [0.25, 0.3) is 0 Å². The van der Waals surface area contributed by atoms with Crippen LogP contribution in [-0.2, 0) is 9.78 Å². The Morgan fingerprint density at radius 1 is 1.20 bits per heavy atom. The van der Waals surface area contributed by atoms with E-state index in [-0.39, 0.29) is 5.60 Å². The highest BCUT2D eigenvalue weighted by Gasteiger charge is 2.11. The second-order valence-corrected chi connectivity index (χ2v) is 3.67. The molecule has 0 aliphatic heterocycles. The van der Waals surface area contributed by atoms with Crippen molar-refractivity contribution in [3.05, 3.63) is 5.92 Å². The molecule has 0 amide bonds. The van der Waals surface area contributed by atoms with Crippen molar-refractivity contribution >= 4 is 0 Å². The fraction of sp³-hybridized carbons (Fsp3) is 0.875. The monoisotopic (exact) mass is 145 g/mol. The van der Waals surface area contributed by atoms with E-state index in [9.17, 15) is 0 Å². The summed E-state index contributed by atoms with van der Waals surface area (Å²) in [7, 11) is 0. The predicted molar refractivity (Wildman–Crippen MR) is 41.4 cm³/mol. The van der Waals surface area contributed by atoms with Gasteiger partial charge in [0.05, 0.1) is 12.2 Å². The highest BCUT2D eigenvalue weighted by molar-refractivity contribution is 4.74. The van der Waals surface area contributed by atoms with E-state index >= 15 is 0 Å². The molecular weight excluding hydrogens is 128 g/mol. The molecule has 2 nitrogen and oxygen atoms in total. The zero-order valence-corrected chi connectivity index (χ0v) is 7.52. The first kappa shape index (κ1) is 9.92. The van der Waals surface area contributed by atoms with Gasteiger partial charge >= 0.3 is 0 Å². The summed E-state index contributed by atoms with van der Waals surface area (Å²) in [5.74, 6) is 1.21. The molecule has 2 heteroatoms. The van der Waals surface area contributed by atoms with Gasteiger partial charge in [-0.05, 0) is 26.7 Å². The summed E-state index contributed by atoms with van der Waals surface area (Å²) in [6, 6.07) is 0. The lowest BCUT2D eigenvalue weighted by Gasteiger charge is -2.18. The molecule has 1 radical (unpaired) electrons. The molecule has 0 rings (SSSR count). The Balaban J connectivity index is 3.21. The zero-order valence-electron chi connectivity index (χ0n) is 7.52. The van der Waals surface area contributed by atoms with E-state index in [1.54, 1.807) is 0 Å². The highest BCUT2D eigenvalue weighted by atomic mass is 17.2. The molecule has 0 aliphatic rings. The van der Waals surface area contributed by atoms with Gasteiger partial charge in [-0.1, -0.05) is 13.8 Å². The first-order valence-electron chi connectivity index (χ1n) is 3.51. The Morgan fingerprint density at radius 3 is 2.00 bits per heavy atom. The lowest BCUT2D eigenvalue weighted by atomic mass is 10.2. The highest BCUT2D eigenvalue weighted by Crippen LogP contribution is 2.08. The molecule has 0 spiro atoms. The molecule has 0 saturated heterocycles. The Morgan fingerprint density at radius 2 is 1.70 bits per heavy atom. The van der Waals surface area contributed by atoms with Gasteiger partial charge in [0, 0.05) is 0 Å². The maximum Gasteiger partial charge on any atom is 0.0952 e. The lowest BCUT2D eigenvalue weighted by Crippen LogP contribution is -2.20. The first-order chi connectivity index (χ1) is 4.42. The molecule has 0 aliphatic carbocycles. The molecule has 0 atom stereocenters. The molecule has 0 aromatic heterocycles. The van der Waals surface area contributed by atoms with E-state index in [0.717, 1.165) is 0 Å². The summed E-state index contributed by atoms with van der Waals surface area (Å²) < 4.78 is 0. The van der Waals surface area contributed by atoms with Crippen molar-refractivity contribution in [2.24, 2.45) is 0 Å². The molecular formula is C8H17O2. The molecule has 0 bridgehead atoms. The van der Waals surface area contributed by atoms with Crippen LogP contribution in [0.4, 0.5) is 0 Å². The van der Waals surface area contributed by atoms with Gasteiger partial charge in [0.15, 0.2) is 0 Å². The standard InChI is InChI=1S/C8H17O2/c1-7(2)6-9-10-8(3,4)5/h6H2,1-5H3. The summed E-state index contributed by atoms with van der Waals surface area (Å²) in [5, 5.41) is 0. The fourth-order valence-corrected chi connectivity index (χ4v) is 0.324. The van der Waals surface area contributed by atoms with Gasteiger partial charge in [0.2, 0.25) is 0 Å². The van der Waals surface area contributed by atoms with E-state index in [4.69, 9.17) is 9.78 Å². The van der Waals surface area contributed by atoms with E-state index in [1.807, 2.05) is 34.6 Å². The molecule has 0 saturated carbocycles. The van der Waals surface area contributed by atoms with Crippen LogP contribution >= 0.6 is 0 Å². The molecule has 0 aromatic carbocycles. The van der Waals surface area contributed by atoms with Crippen LogP contribution < -0.4 is 0 Å². The molecule has 0 fully saturated rings. The normalized spacial score (nSPS) is 12.6. The Kier molecular flexibility index (Phi) is 3.91. The minimum atomic E-state index is -0.199. The topological polar surface area (TPSA) is 18.5 Å². The third kappa shape index (κ3) is 7.92. The average Bonchev–Trinajstić information content (AvgIpc) is 1.59. The van der Waals surface area contributed by atoms with Gasteiger partial charge < -0.3 is 0 Å². The number of rotatable bonds is 3. The van der Waals surface area contributed by atoms with Gasteiger partial charge in [-0.15, -0.1) is 0 Å². The maximum absolute atomic E-state index is 5.02. The van der Waals surface area contributed by atoms with Gasteiger partial charge in [-0.2, -0.15) is 0 Å². The van der Waals surface area contributed by atoms with Crippen LogP contribution in [0.2, 0.25) is 0 Å². The number of hydrogen-bond acceptors (Lipinski definition) is 2. The molecule has 0 aromatic rings. The van der Waals surface area contributed by atoms with E-state index in [1.165, 1.54) is 5.92 Å². The van der Waals surface area contributed by atoms with Crippen molar-refractivity contribution in [3.63, 3.8) is 0 Å². The fourth-order valence-electron chi connectivity index (χ4n) is 0.324. The second-order valence-electron chi connectivity index (χ2n) is 3.67. The first-order valence-corrected chi connectivity index (χ1v) is 3.51. The van der Waals surface area contributed by atoms with Crippen molar-refractivity contribution < 1.29 is 9.78 Å². The van der Waals surface area contributed by atoms with Crippen LogP contribution in [0.1, 0.15) is 34.6 Å². The van der Waals surface area contributed by atoms with Crippen LogP contribution in [-0.4, -0.2) is 12.2 Å². The smallest absolute Gasteiger partial charge is 0.0952 e. The molecule has 0 N–H and O–H groups in total. The maximum atomic E-state index is 5.02. The number of hydrogen-bond donors (Lipinski definition) is 0. The Labute approximate surface area is 63.5 Å². The van der Waals surface area contributed by atoms with Gasteiger partial charge in [-0.25, -0.2) is 9.78 Å². The van der Waals surface area contributed by atoms with Crippen LogP contribution in [0, 0.1) is 5.92 Å². The van der Waals surface area contributed by atoms with Gasteiger partial charge in [0.1, 0.15) is 0 Å². The average molecular weight is 145 g/mol. The molecule has 0 heterocycles. The van der Waals surface area contributed by atoms with Crippen LogP contribution in [0.5, 0.6) is 0 Å². The summed E-state index contributed by atoms with van der Waals surface area (Å²) >= 11 is 0. The van der Waals surface area contributed by atoms with E-state index < -0.39 is 0 Å². The van der Waals surface area contributed by atoms with Crippen LogP contribution in [0.25, 0.3) is 0 Å². The zero-order chi connectivity index (χ0) is 8.20. The lowest BCUT2D eigenvalue weighted by molar-refractivity contribution is -0.345. The summed E-state index contributed by atoms with van der Waals surface area (Å²) in [5.41, 5.74) is -0.199. The largest absolute Gasteiger partial charge is 0.236 e. The summed E-state index contributed by atoms with van der Waals surface area (Å²) in [6.45, 7) is 10.5. The van der Waals surface area contributed by atoms with E-state index in [2.05, 4.69) is 0 Å². The Hall–Kier alpha value is -0.0800. The van der Waals surface area contributed by atoms with E-state index in [0.29, 0.717) is 6.61 Å². The third-order valence-corrected chi connectivity index (χ3v) is 0.657. The Bertz CT molecular complexity index is 81.7. The van der Waals surface area contributed by atoms with Crippen molar-refractivity contribution in [1.29, 1.82) is 0 Å². The van der Waals surface area contributed by atoms with Crippen molar-refractivity contribution in [2.45, 2.75) is 40.2 Å². The summed E-state index contributed by atoms with van der Waals surface area (Å²) in [6.07, 6.45) is 0. The molecule has 61 valence electrons. The quantitative estimate of drug-likeness (QED) is 0.448. The van der Waals surface area contributed by atoms with Crippen LogP contribution in [0.3, 0.4) is 0 Å². The van der Waals surface area contributed by atoms with Crippen molar-refractivity contribution in [2.75, 3.05) is 6.61 Å². The predicted octanol–water partition coefficient (Wildman–Crippen LogP) is 2.35. The second kappa shape index (κ2) is 3.94. The molecule has 0 unspecified atom stereocenters. The van der Waals surface area contributed by atoms with Crippen molar-refractivity contribution in [3.8, 4) is 0 Å². The molecule has 10 heavy (non-hydrogen) atoms.